The van der Waals surface area contributed by atoms with Gasteiger partial charge in [0.05, 0.1) is 6.26 Å². The van der Waals surface area contributed by atoms with Crippen LogP contribution in [0.4, 0.5) is 5.69 Å². The van der Waals surface area contributed by atoms with E-state index in [-0.39, 0.29) is 17.1 Å². The summed E-state index contributed by atoms with van der Waals surface area (Å²) < 4.78 is 33.4. The van der Waals surface area contributed by atoms with Crippen molar-refractivity contribution < 1.29 is 17.9 Å². The molecule has 0 saturated heterocycles. The Bertz CT molecular complexity index is 1580. The van der Waals surface area contributed by atoms with E-state index in [9.17, 15) is 18.0 Å². The van der Waals surface area contributed by atoms with Gasteiger partial charge in [0.1, 0.15) is 28.4 Å². The highest BCUT2D eigenvalue weighted by atomic mass is 32.2. The molecule has 2 aromatic carbocycles. The highest BCUT2D eigenvalue weighted by molar-refractivity contribution is 7.92. The number of anilines is 1. The number of carbonyl (C=O) groups excluding carboxylic acids is 1. The summed E-state index contributed by atoms with van der Waals surface area (Å²) in [6.07, 6.45) is 1.05. The lowest BCUT2D eigenvalue weighted by molar-refractivity contribution is 0.0797. The summed E-state index contributed by atoms with van der Waals surface area (Å²) in [5.41, 5.74) is 1.12. The first-order valence-corrected chi connectivity index (χ1v) is 12.7. The number of amides is 1. The van der Waals surface area contributed by atoms with Gasteiger partial charge in [-0.3, -0.25) is 14.3 Å². The number of nitrogens with zero attached hydrogens (tertiary/aromatic N) is 3. The standard InChI is InChI=1S/C24H25N5O5S/c1-5-28(2)23(30)19-14-18-21(26-29(3)24(31)22(18)25-19)17-13-15(27-35(4,32)33)11-12-20(17)34-16-9-7-6-8-10-16/h6-14,25,27H,5H2,1-4H3. The minimum atomic E-state index is -3.55. The fourth-order valence-corrected chi connectivity index (χ4v) is 4.14. The molecule has 0 unspecified atom stereocenters. The Balaban J connectivity index is 1.96. The second kappa shape index (κ2) is 9.26. The van der Waals surface area contributed by atoms with E-state index in [4.69, 9.17) is 4.74 Å². The Labute approximate surface area is 202 Å². The number of benzene rings is 2. The molecule has 10 nitrogen and oxygen atoms in total. The monoisotopic (exact) mass is 495 g/mol. The average molecular weight is 496 g/mol. The molecule has 11 heteroatoms. The first kappa shape index (κ1) is 24.0. The number of aromatic nitrogens is 3. The molecule has 0 saturated carbocycles. The Morgan fingerprint density at radius 2 is 1.89 bits per heavy atom. The number of rotatable bonds is 7. The van der Waals surface area contributed by atoms with E-state index in [1.165, 1.54) is 11.9 Å². The summed E-state index contributed by atoms with van der Waals surface area (Å²) in [6, 6.07) is 15.4. The SMILES string of the molecule is CCN(C)C(=O)c1cc2c(-c3cc(NS(C)(=O)=O)ccc3Oc3ccccc3)nn(C)c(=O)c2[nH]1. The lowest BCUT2D eigenvalue weighted by Gasteiger charge is -2.14. The van der Waals surface area contributed by atoms with Gasteiger partial charge >= 0.3 is 0 Å². The summed E-state index contributed by atoms with van der Waals surface area (Å²) >= 11 is 0. The van der Waals surface area contributed by atoms with Crippen LogP contribution in [0.25, 0.3) is 22.2 Å². The number of H-pyrrole nitrogens is 1. The lowest BCUT2D eigenvalue weighted by atomic mass is 10.1. The van der Waals surface area contributed by atoms with Gasteiger partial charge in [-0.2, -0.15) is 5.10 Å². The normalized spacial score (nSPS) is 11.4. The van der Waals surface area contributed by atoms with Crippen molar-refractivity contribution in [2.75, 3.05) is 24.6 Å². The molecular formula is C24H25N5O5S. The van der Waals surface area contributed by atoms with Crippen molar-refractivity contribution in [2.24, 2.45) is 7.05 Å². The van der Waals surface area contributed by atoms with Crippen molar-refractivity contribution in [1.82, 2.24) is 19.7 Å². The van der Waals surface area contributed by atoms with E-state index in [1.54, 1.807) is 43.4 Å². The fraction of sp³-hybridized carbons (Fsp3) is 0.208. The Hall–Kier alpha value is -4.12. The number of sulfonamides is 1. The van der Waals surface area contributed by atoms with E-state index in [1.807, 2.05) is 25.1 Å². The fourth-order valence-electron chi connectivity index (χ4n) is 3.58. The molecule has 0 aliphatic rings. The van der Waals surface area contributed by atoms with Gasteiger partial charge in [-0.25, -0.2) is 13.1 Å². The van der Waals surface area contributed by atoms with Crippen molar-refractivity contribution in [3.05, 3.63) is 70.6 Å². The number of carbonyl (C=O) groups is 1. The van der Waals surface area contributed by atoms with Crippen molar-refractivity contribution >= 4 is 32.5 Å². The summed E-state index contributed by atoms with van der Waals surface area (Å²) in [6.45, 7) is 2.34. The molecule has 2 heterocycles. The molecular weight excluding hydrogens is 470 g/mol. The number of fused-ring (bicyclic) bond motifs is 1. The maximum absolute atomic E-state index is 12.8. The van der Waals surface area contributed by atoms with Crippen molar-refractivity contribution in [3.63, 3.8) is 0 Å². The second-order valence-electron chi connectivity index (χ2n) is 8.07. The van der Waals surface area contributed by atoms with Gasteiger partial charge in [0.15, 0.2) is 0 Å². The third-order valence-corrected chi connectivity index (χ3v) is 6.00. The number of ether oxygens (including phenoxy) is 1. The van der Waals surface area contributed by atoms with Gasteiger partial charge < -0.3 is 14.6 Å². The number of hydrogen-bond donors (Lipinski definition) is 2. The van der Waals surface area contributed by atoms with Crippen molar-refractivity contribution in [3.8, 4) is 22.8 Å². The van der Waals surface area contributed by atoms with Crippen LogP contribution < -0.4 is 15.0 Å². The van der Waals surface area contributed by atoms with E-state index < -0.39 is 15.6 Å². The summed E-state index contributed by atoms with van der Waals surface area (Å²) in [5.74, 6) is 0.681. The van der Waals surface area contributed by atoms with Crippen LogP contribution in [-0.2, 0) is 17.1 Å². The molecule has 0 bridgehead atoms. The molecule has 0 aliphatic heterocycles. The van der Waals surface area contributed by atoms with Crippen LogP contribution in [0.3, 0.4) is 0 Å². The number of aromatic amines is 1. The predicted molar refractivity (Wildman–Crippen MR) is 134 cm³/mol. The lowest BCUT2D eigenvalue weighted by Crippen LogP contribution is -2.26. The van der Waals surface area contributed by atoms with Crippen LogP contribution in [0.1, 0.15) is 17.4 Å². The maximum Gasteiger partial charge on any atom is 0.290 e. The van der Waals surface area contributed by atoms with Gasteiger partial charge in [0, 0.05) is 37.3 Å². The molecule has 0 atom stereocenters. The topological polar surface area (TPSA) is 126 Å². The average Bonchev–Trinajstić information content (AvgIpc) is 3.27. The summed E-state index contributed by atoms with van der Waals surface area (Å²) in [4.78, 5) is 30.1. The predicted octanol–water partition coefficient (Wildman–Crippen LogP) is 3.18. The van der Waals surface area contributed by atoms with Gasteiger partial charge in [0.2, 0.25) is 10.0 Å². The summed E-state index contributed by atoms with van der Waals surface area (Å²) in [7, 11) is -0.382. The third kappa shape index (κ3) is 5.04. The minimum Gasteiger partial charge on any atom is -0.457 e. The second-order valence-corrected chi connectivity index (χ2v) is 9.82. The van der Waals surface area contributed by atoms with Crippen molar-refractivity contribution in [1.29, 1.82) is 0 Å². The smallest absolute Gasteiger partial charge is 0.290 e. The zero-order valence-corrected chi connectivity index (χ0v) is 20.5. The minimum absolute atomic E-state index is 0.206. The first-order valence-electron chi connectivity index (χ1n) is 10.8. The molecule has 2 N–H and O–H groups in total. The molecule has 4 aromatic rings. The number of para-hydroxylation sites is 1. The van der Waals surface area contributed by atoms with Crippen molar-refractivity contribution in [2.45, 2.75) is 6.92 Å². The van der Waals surface area contributed by atoms with Gasteiger partial charge in [-0.1, -0.05) is 18.2 Å². The molecule has 2 aromatic heterocycles. The largest absolute Gasteiger partial charge is 0.457 e. The molecule has 182 valence electrons. The highest BCUT2D eigenvalue weighted by Crippen LogP contribution is 2.37. The van der Waals surface area contributed by atoms with Gasteiger partial charge in [0.25, 0.3) is 11.5 Å². The molecule has 0 fully saturated rings. The van der Waals surface area contributed by atoms with Crippen LogP contribution in [0.5, 0.6) is 11.5 Å². The molecule has 4 rings (SSSR count). The first-order chi connectivity index (χ1) is 16.6. The number of hydrogen-bond acceptors (Lipinski definition) is 6. The molecule has 0 aliphatic carbocycles. The molecule has 1 amide bonds. The molecule has 0 radical (unpaired) electrons. The van der Waals surface area contributed by atoms with Crippen LogP contribution in [0, 0.1) is 0 Å². The van der Waals surface area contributed by atoms with E-state index in [0.717, 1.165) is 10.9 Å². The maximum atomic E-state index is 12.8. The number of nitrogens with one attached hydrogen (secondary N) is 2. The zero-order valence-electron chi connectivity index (χ0n) is 19.7. The van der Waals surface area contributed by atoms with Crippen LogP contribution in [0.2, 0.25) is 0 Å². The van der Waals surface area contributed by atoms with E-state index >= 15 is 0 Å². The third-order valence-electron chi connectivity index (χ3n) is 5.39. The van der Waals surface area contributed by atoms with Crippen LogP contribution in [0.15, 0.2) is 59.4 Å². The van der Waals surface area contributed by atoms with Gasteiger partial charge in [-0.15, -0.1) is 0 Å². The Kier molecular flexibility index (Phi) is 6.35. The molecule has 35 heavy (non-hydrogen) atoms. The Morgan fingerprint density at radius 3 is 2.54 bits per heavy atom. The van der Waals surface area contributed by atoms with Crippen LogP contribution >= 0.6 is 0 Å². The van der Waals surface area contributed by atoms with Crippen LogP contribution in [-0.4, -0.2) is 53.8 Å². The zero-order chi connectivity index (χ0) is 25.3. The molecule has 0 spiro atoms. The number of aryl methyl sites for hydroxylation is 1. The van der Waals surface area contributed by atoms with Gasteiger partial charge in [-0.05, 0) is 43.3 Å². The van der Waals surface area contributed by atoms with E-state index in [0.29, 0.717) is 40.4 Å². The Morgan fingerprint density at radius 1 is 1.17 bits per heavy atom. The summed E-state index contributed by atoms with van der Waals surface area (Å²) in [5, 5.41) is 4.86. The highest BCUT2D eigenvalue weighted by Gasteiger charge is 2.22. The van der Waals surface area contributed by atoms with E-state index in [2.05, 4.69) is 14.8 Å². The quantitative estimate of drug-likeness (QED) is 0.406.